The van der Waals surface area contributed by atoms with Gasteiger partial charge >= 0.3 is 0 Å². The zero-order valence-electron chi connectivity index (χ0n) is 5.91. The summed E-state index contributed by atoms with van der Waals surface area (Å²) in [5.74, 6) is 1.06. The van der Waals surface area contributed by atoms with E-state index in [1.54, 1.807) is 0 Å². The van der Waals surface area contributed by atoms with Crippen LogP contribution in [0.15, 0.2) is 0 Å². The fourth-order valence-corrected chi connectivity index (χ4v) is 2.05. The molecule has 1 rings (SSSR count). The second-order valence-electron chi connectivity index (χ2n) is 1.87. The highest BCUT2D eigenvalue weighted by atomic mass is 35.5. The minimum atomic E-state index is -0.847. The fraction of sp³-hybridized carbons (Fsp3) is 0.600. The second kappa shape index (κ2) is 4.13. The maximum Gasteiger partial charge on any atom is 0.138 e. The molecule has 0 N–H and O–H groups in total. The van der Waals surface area contributed by atoms with Gasteiger partial charge in [-0.3, -0.25) is 4.21 Å². The summed E-state index contributed by atoms with van der Waals surface area (Å²) in [6, 6.07) is 0. The number of nitrogens with zero attached hydrogens (tertiary/aromatic N) is 2. The molecule has 0 saturated carbocycles. The van der Waals surface area contributed by atoms with Crippen LogP contribution in [0.3, 0.4) is 0 Å². The molecule has 0 saturated heterocycles. The summed E-state index contributed by atoms with van der Waals surface area (Å²) < 4.78 is 15.2. The van der Waals surface area contributed by atoms with Crippen LogP contribution in [0, 0.1) is 0 Å². The van der Waals surface area contributed by atoms with E-state index in [1.807, 2.05) is 6.92 Å². The molecule has 0 aliphatic rings. The zero-order chi connectivity index (χ0) is 8.27. The maximum atomic E-state index is 11.0. The van der Waals surface area contributed by atoms with Crippen LogP contribution in [0.5, 0.6) is 0 Å². The van der Waals surface area contributed by atoms with Crippen molar-refractivity contribution in [2.45, 2.75) is 12.7 Å². The van der Waals surface area contributed by atoms with Gasteiger partial charge in [0.15, 0.2) is 0 Å². The smallest absolute Gasteiger partial charge is 0.138 e. The third-order valence-corrected chi connectivity index (χ3v) is 3.35. The highest BCUT2D eigenvalue weighted by Crippen LogP contribution is 2.18. The molecule has 0 aromatic carbocycles. The van der Waals surface area contributed by atoms with E-state index in [0.29, 0.717) is 21.5 Å². The number of halogens is 1. The van der Waals surface area contributed by atoms with E-state index < -0.39 is 10.8 Å². The van der Waals surface area contributed by atoms with Gasteiger partial charge in [-0.05, 0) is 0 Å². The van der Waals surface area contributed by atoms with Crippen molar-refractivity contribution in [2.24, 2.45) is 0 Å². The average molecular weight is 211 g/mol. The van der Waals surface area contributed by atoms with Crippen LogP contribution in [-0.4, -0.2) is 19.5 Å². The third kappa shape index (κ3) is 2.50. The summed E-state index contributed by atoms with van der Waals surface area (Å²) in [4.78, 5) is 0. The van der Waals surface area contributed by atoms with Crippen LogP contribution in [0.1, 0.15) is 12.6 Å². The molecule has 6 heteroatoms. The quantitative estimate of drug-likeness (QED) is 0.759. The second-order valence-corrected chi connectivity index (χ2v) is 4.97. The van der Waals surface area contributed by atoms with Crippen LogP contribution < -0.4 is 0 Å². The standard InChI is InChI=1S/C5H7ClN2OS2/c1-2-11(9)3-4-5(6)10-8-7-4/h2-3H2,1H3. The van der Waals surface area contributed by atoms with Gasteiger partial charge < -0.3 is 0 Å². The predicted molar refractivity (Wildman–Crippen MR) is 47.3 cm³/mol. The van der Waals surface area contributed by atoms with Crippen molar-refractivity contribution in [3.63, 3.8) is 0 Å². The average Bonchev–Trinajstić information content (AvgIpc) is 2.37. The Labute approximate surface area is 76.4 Å². The van der Waals surface area contributed by atoms with Crippen molar-refractivity contribution in [1.29, 1.82) is 0 Å². The molecule has 11 heavy (non-hydrogen) atoms. The fourth-order valence-electron chi connectivity index (χ4n) is 0.538. The highest BCUT2D eigenvalue weighted by Gasteiger charge is 2.07. The van der Waals surface area contributed by atoms with Crippen LogP contribution in [0.25, 0.3) is 0 Å². The van der Waals surface area contributed by atoms with E-state index in [1.165, 1.54) is 0 Å². The van der Waals surface area contributed by atoms with Gasteiger partial charge in [0.25, 0.3) is 0 Å². The summed E-state index contributed by atoms with van der Waals surface area (Å²) in [6.07, 6.45) is 0. The molecule has 0 amide bonds. The van der Waals surface area contributed by atoms with E-state index in [9.17, 15) is 4.21 Å². The molecule has 0 aliphatic heterocycles. The van der Waals surface area contributed by atoms with Gasteiger partial charge in [-0.15, -0.1) is 5.10 Å². The molecule has 1 unspecified atom stereocenters. The van der Waals surface area contributed by atoms with Gasteiger partial charge in [-0.1, -0.05) is 23.0 Å². The van der Waals surface area contributed by atoms with Crippen molar-refractivity contribution in [3.05, 3.63) is 10.0 Å². The lowest BCUT2D eigenvalue weighted by Gasteiger charge is -1.92. The lowest BCUT2D eigenvalue weighted by molar-refractivity contribution is 0.682. The van der Waals surface area contributed by atoms with Crippen molar-refractivity contribution in [2.75, 3.05) is 5.75 Å². The van der Waals surface area contributed by atoms with Gasteiger partial charge in [-0.2, -0.15) is 0 Å². The number of aromatic nitrogens is 2. The Morgan fingerprint density at radius 1 is 1.73 bits per heavy atom. The summed E-state index contributed by atoms with van der Waals surface area (Å²) in [5, 5.41) is 3.75. The zero-order valence-corrected chi connectivity index (χ0v) is 8.30. The summed E-state index contributed by atoms with van der Waals surface area (Å²) in [5.41, 5.74) is 0.650. The van der Waals surface area contributed by atoms with Crippen LogP contribution in [0.4, 0.5) is 0 Å². The van der Waals surface area contributed by atoms with Gasteiger partial charge in [0.1, 0.15) is 10.0 Å². The predicted octanol–water partition coefficient (Wildman–Crippen LogP) is 1.46. The minimum Gasteiger partial charge on any atom is -0.259 e. The lowest BCUT2D eigenvalue weighted by atomic mass is 10.6. The first kappa shape index (κ1) is 9.09. The largest absolute Gasteiger partial charge is 0.259 e. The molecule has 1 aromatic heterocycles. The molecule has 1 atom stereocenters. The Hall–Kier alpha value is -0.0000000000000000555. The Bertz CT molecular complexity index is 263. The molecule has 0 fully saturated rings. The molecule has 1 aromatic rings. The van der Waals surface area contributed by atoms with Crippen molar-refractivity contribution >= 4 is 33.9 Å². The molecular weight excluding hydrogens is 204 g/mol. The molecule has 3 nitrogen and oxygen atoms in total. The molecule has 0 aliphatic carbocycles. The molecular formula is C5H7ClN2OS2. The van der Waals surface area contributed by atoms with Gasteiger partial charge in [0.05, 0.1) is 5.75 Å². The van der Waals surface area contributed by atoms with Gasteiger partial charge in [0, 0.05) is 28.1 Å². The van der Waals surface area contributed by atoms with E-state index >= 15 is 0 Å². The molecule has 1 heterocycles. The number of rotatable bonds is 3. The maximum absolute atomic E-state index is 11.0. The van der Waals surface area contributed by atoms with Gasteiger partial charge in [-0.25, -0.2) is 0 Å². The van der Waals surface area contributed by atoms with Crippen molar-refractivity contribution in [3.8, 4) is 0 Å². The lowest BCUT2D eigenvalue weighted by Crippen LogP contribution is -1.98. The first-order chi connectivity index (χ1) is 5.24. The van der Waals surface area contributed by atoms with E-state index in [4.69, 9.17) is 11.6 Å². The topological polar surface area (TPSA) is 42.9 Å². The Balaban J connectivity index is 2.64. The SMILES string of the molecule is CCS(=O)Cc1nnsc1Cl. The third-order valence-electron chi connectivity index (χ3n) is 1.13. The molecule has 0 bridgehead atoms. The van der Waals surface area contributed by atoms with Crippen LogP contribution in [0.2, 0.25) is 4.34 Å². The summed E-state index contributed by atoms with van der Waals surface area (Å²) in [7, 11) is -0.847. The summed E-state index contributed by atoms with van der Waals surface area (Å²) in [6.45, 7) is 1.86. The molecule has 0 radical (unpaired) electrons. The molecule has 0 spiro atoms. The normalized spacial score (nSPS) is 13.3. The van der Waals surface area contributed by atoms with Crippen molar-refractivity contribution in [1.82, 2.24) is 9.59 Å². The van der Waals surface area contributed by atoms with E-state index in [2.05, 4.69) is 9.59 Å². The Morgan fingerprint density at radius 3 is 2.91 bits per heavy atom. The van der Waals surface area contributed by atoms with Gasteiger partial charge in [0.2, 0.25) is 0 Å². The monoisotopic (exact) mass is 210 g/mol. The number of hydrogen-bond donors (Lipinski definition) is 0. The molecule has 62 valence electrons. The van der Waals surface area contributed by atoms with E-state index in [0.717, 1.165) is 11.5 Å². The number of hydrogen-bond acceptors (Lipinski definition) is 4. The van der Waals surface area contributed by atoms with Crippen LogP contribution >= 0.6 is 23.1 Å². The van der Waals surface area contributed by atoms with E-state index in [-0.39, 0.29) is 0 Å². The van der Waals surface area contributed by atoms with Crippen LogP contribution in [-0.2, 0) is 16.6 Å². The van der Waals surface area contributed by atoms with Crippen molar-refractivity contribution < 1.29 is 4.21 Å². The summed E-state index contributed by atoms with van der Waals surface area (Å²) >= 11 is 6.83. The highest BCUT2D eigenvalue weighted by molar-refractivity contribution is 7.84. The Morgan fingerprint density at radius 2 is 2.45 bits per heavy atom. The first-order valence-electron chi connectivity index (χ1n) is 3.05. The Kier molecular flexibility index (Phi) is 3.42. The first-order valence-corrected chi connectivity index (χ1v) is 5.69. The minimum absolute atomic E-state index is 0.422.